The molecule has 0 saturated carbocycles. The summed E-state index contributed by atoms with van der Waals surface area (Å²) < 4.78 is 13.1. The summed E-state index contributed by atoms with van der Waals surface area (Å²) >= 11 is 12.6. The molecule has 1 rings (SSSR count). The van der Waals surface area contributed by atoms with Crippen molar-refractivity contribution in [1.29, 1.82) is 0 Å². The van der Waals surface area contributed by atoms with E-state index >= 15 is 0 Å². The van der Waals surface area contributed by atoms with Crippen LogP contribution in [0.1, 0.15) is 37.9 Å². The lowest BCUT2D eigenvalue weighted by molar-refractivity contribution is 0.0362. The molecule has 0 aliphatic carbocycles. The number of halogens is 2. The van der Waals surface area contributed by atoms with Crippen molar-refractivity contribution in [1.82, 2.24) is 0 Å². The standard InChI is InChI=1S/C18H32Cl2O2Si2/c1-8-9-10-17(21-23(2,3)4)18(22-24(5,6)7)15-12-11-14(19)13-16(15)20/h11-13,17-18H,8-10H2,1-7H3/t17?,18-/m0/s1. The van der Waals surface area contributed by atoms with Crippen LogP contribution in [0.25, 0.3) is 0 Å². The van der Waals surface area contributed by atoms with Crippen LogP contribution < -0.4 is 0 Å². The zero-order valence-corrected chi connectivity index (χ0v) is 19.6. The number of benzene rings is 1. The molecule has 0 spiro atoms. The van der Waals surface area contributed by atoms with Crippen LogP contribution in [0.4, 0.5) is 0 Å². The second-order valence-electron chi connectivity index (χ2n) is 8.23. The number of unbranched alkanes of at least 4 members (excludes halogenated alkanes) is 1. The Morgan fingerprint density at radius 1 is 0.958 bits per heavy atom. The van der Waals surface area contributed by atoms with Crippen molar-refractivity contribution in [3.63, 3.8) is 0 Å². The lowest BCUT2D eigenvalue weighted by Gasteiger charge is -2.37. The van der Waals surface area contributed by atoms with Gasteiger partial charge in [0.2, 0.25) is 0 Å². The average Bonchev–Trinajstić information content (AvgIpc) is 2.39. The first-order valence-corrected chi connectivity index (χ1v) is 16.3. The summed E-state index contributed by atoms with van der Waals surface area (Å²) in [6.45, 7) is 15.5. The highest BCUT2D eigenvalue weighted by molar-refractivity contribution is 6.70. The smallest absolute Gasteiger partial charge is 0.184 e. The molecule has 0 N–H and O–H groups in total. The molecule has 0 aromatic heterocycles. The van der Waals surface area contributed by atoms with Crippen LogP contribution in [-0.2, 0) is 8.85 Å². The summed E-state index contributed by atoms with van der Waals surface area (Å²) in [5, 5.41) is 1.30. The topological polar surface area (TPSA) is 18.5 Å². The van der Waals surface area contributed by atoms with Gasteiger partial charge in [-0.1, -0.05) is 49.0 Å². The Labute approximate surface area is 160 Å². The van der Waals surface area contributed by atoms with E-state index in [2.05, 4.69) is 46.2 Å². The first-order chi connectivity index (χ1) is 10.9. The minimum Gasteiger partial charge on any atom is -0.412 e. The molecule has 1 aromatic rings. The first kappa shape index (κ1) is 22.2. The molecule has 0 bridgehead atoms. The lowest BCUT2D eigenvalue weighted by Crippen LogP contribution is -2.40. The van der Waals surface area contributed by atoms with Gasteiger partial charge in [0, 0.05) is 15.6 Å². The third kappa shape index (κ3) is 8.02. The summed E-state index contributed by atoms with van der Waals surface area (Å²) in [6.07, 6.45) is 3.13. The molecular formula is C18H32Cl2O2Si2. The van der Waals surface area contributed by atoms with Crippen LogP contribution in [0.2, 0.25) is 49.3 Å². The van der Waals surface area contributed by atoms with Crippen LogP contribution in [0.5, 0.6) is 0 Å². The van der Waals surface area contributed by atoms with E-state index in [1.165, 1.54) is 0 Å². The van der Waals surface area contributed by atoms with Crippen molar-refractivity contribution in [3.05, 3.63) is 33.8 Å². The maximum atomic E-state index is 6.56. The maximum Gasteiger partial charge on any atom is 0.184 e. The van der Waals surface area contributed by atoms with Gasteiger partial charge in [0.1, 0.15) is 0 Å². The normalized spacial score (nSPS) is 15.4. The van der Waals surface area contributed by atoms with Crippen LogP contribution in [0, 0.1) is 0 Å². The van der Waals surface area contributed by atoms with Crippen molar-refractivity contribution in [3.8, 4) is 0 Å². The van der Waals surface area contributed by atoms with Gasteiger partial charge in [-0.3, -0.25) is 0 Å². The summed E-state index contributed by atoms with van der Waals surface area (Å²) in [4.78, 5) is 0. The van der Waals surface area contributed by atoms with E-state index < -0.39 is 16.6 Å². The molecule has 1 unspecified atom stereocenters. The third-order valence-electron chi connectivity index (χ3n) is 3.43. The second kappa shape index (κ2) is 9.20. The Morgan fingerprint density at radius 2 is 1.54 bits per heavy atom. The van der Waals surface area contributed by atoms with E-state index in [9.17, 15) is 0 Å². The lowest BCUT2D eigenvalue weighted by atomic mass is 10.0. The van der Waals surface area contributed by atoms with Crippen LogP contribution in [-0.4, -0.2) is 22.7 Å². The fraction of sp³-hybridized carbons (Fsp3) is 0.667. The highest BCUT2D eigenvalue weighted by atomic mass is 35.5. The van der Waals surface area contributed by atoms with Gasteiger partial charge in [0.25, 0.3) is 0 Å². The van der Waals surface area contributed by atoms with Gasteiger partial charge >= 0.3 is 0 Å². The number of hydrogen-bond acceptors (Lipinski definition) is 2. The fourth-order valence-corrected chi connectivity index (χ4v) is 5.29. The fourth-order valence-electron chi connectivity index (χ4n) is 2.58. The SMILES string of the molecule is CCCCC(O[Si](C)(C)C)[C@@H](O[Si](C)(C)C)c1ccc(Cl)cc1Cl. The molecule has 2 nitrogen and oxygen atoms in total. The highest BCUT2D eigenvalue weighted by Crippen LogP contribution is 2.36. The third-order valence-corrected chi connectivity index (χ3v) is 5.97. The summed E-state index contributed by atoms with van der Waals surface area (Å²) in [5.74, 6) is 0. The zero-order valence-electron chi connectivity index (χ0n) is 16.1. The van der Waals surface area contributed by atoms with Crippen molar-refractivity contribution in [2.24, 2.45) is 0 Å². The van der Waals surface area contributed by atoms with E-state index in [1.807, 2.05) is 12.1 Å². The van der Waals surface area contributed by atoms with Crippen LogP contribution in [0.15, 0.2) is 18.2 Å². The molecule has 2 atom stereocenters. The van der Waals surface area contributed by atoms with Crippen molar-refractivity contribution in [2.75, 3.05) is 0 Å². The van der Waals surface area contributed by atoms with E-state index in [0.29, 0.717) is 10.0 Å². The zero-order chi connectivity index (χ0) is 18.5. The Balaban J connectivity index is 3.25. The molecule has 6 heteroatoms. The van der Waals surface area contributed by atoms with E-state index in [0.717, 1.165) is 24.8 Å². The molecule has 0 amide bonds. The first-order valence-electron chi connectivity index (χ1n) is 8.73. The highest BCUT2D eigenvalue weighted by Gasteiger charge is 2.34. The van der Waals surface area contributed by atoms with E-state index in [1.54, 1.807) is 6.07 Å². The quantitative estimate of drug-likeness (QED) is 0.400. The molecule has 0 heterocycles. The molecule has 24 heavy (non-hydrogen) atoms. The van der Waals surface area contributed by atoms with Crippen LogP contribution >= 0.6 is 23.2 Å². The molecule has 0 aliphatic heterocycles. The largest absolute Gasteiger partial charge is 0.412 e. The maximum absolute atomic E-state index is 6.56. The molecule has 1 aromatic carbocycles. The minimum absolute atomic E-state index is 0.0296. The Kier molecular flexibility index (Phi) is 8.50. The predicted octanol–water partition coefficient (Wildman–Crippen LogP) is 7.30. The monoisotopic (exact) mass is 406 g/mol. The minimum atomic E-state index is -1.77. The van der Waals surface area contributed by atoms with E-state index in [4.69, 9.17) is 32.1 Å². The average molecular weight is 408 g/mol. The Bertz CT molecular complexity index is 525. The van der Waals surface area contributed by atoms with Gasteiger partial charge in [-0.05, 0) is 57.8 Å². The molecule has 138 valence electrons. The molecule has 0 saturated heterocycles. The molecule has 0 fully saturated rings. The molecule has 0 radical (unpaired) electrons. The summed E-state index contributed by atoms with van der Waals surface area (Å²) in [5.41, 5.74) is 0.989. The van der Waals surface area contributed by atoms with Gasteiger partial charge in [0.15, 0.2) is 16.6 Å². The van der Waals surface area contributed by atoms with E-state index in [-0.39, 0.29) is 12.2 Å². The number of rotatable bonds is 9. The number of hydrogen-bond donors (Lipinski definition) is 0. The van der Waals surface area contributed by atoms with Gasteiger partial charge in [-0.2, -0.15) is 0 Å². The summed E-state index contributed by atoms with van der Waals surface area (Å²) in [7, 11) is -3.48. The van der Waals surface area contributed by atoms with Crippen molar-refractivity contribution < 1.29 is 8.85 Å². The Morgan fingerprint density at radius 3 is 2.00 bits per heavy atom. The van der Waals surface area contributed by atoms with Gasteiger partial charge in [-0.15, -0.1) is 0 Å². The van der Waals surface area contributed by atoms with Crippen molar-refractivity contribution in [2.45, 2.75) is 77.7 Å². The summed E-state index contributed by atoms with van der Waals surface area (Å²) in [6, 6.07) is 5.67. The van der Waals surface area contributed by atoms with Crippen LogP contribution in [0.3, 0.4) is 0 Å². The predicted molar refractivity (Wildman–Crippen MR) is 111 cm³/mol. The molecular weight excluding hydrogens is 375 g/mol. The Hall–Kier alpha value is 0.154. The second-order valence-corrected chi connectivity index (χ2v) is 18.0. The van der Waals surface area contributed by atoms with Crippen molar-refractivity contribution >= 4 is 39.8 Å². The van der Waals surface area contributed by atoms with Gasteiger partial charge in [0.05, 0.1) is 12.2 Å². The molecule has 0 aliphatic rings. The van der Waals surface area contributed by atoms with Gasteiger partial charge in [-0.25, -0.2) is 0 Å². The van der Waals surface area contributed by atoms with Gasteiger partial charge < -0.3 is 8.85 Å².